The number of anilines is 2. The van der Waals surface area contributed by atoms with E-state index < -0.39 is 21.7 Å². The number of nitrogens with two attached hydrogens (primary N) is 1. The first kappa shape index (κ1) is 14.7. The molecular formula is C13H9F2N3O2S. The van der Waals surface area contributed by atoms with E-state index in [0.29, 0.717) is 0 Å². The summed E-state index contributed by atoms with van der Waals surface area (Å²) in [4.78, 5) is -0.336. The highest BCUT2D eigenvalue weighted by atomic mass is 32.2. The standard InChI is InChI=1S/C13H9F2N3O2S/c14-9-1-3-12(8(5-9)7-16)18-21(19,20)13-4-2-10(15)6-11(13)17/h1-6,18H,17H2. The topological polar surface area (TPSA) is 96.0 Å². The summed E-state index contributed by atoms with van der Waals surface area (Å²) >= 11 is 0. The first-order valence-corrected chi connectivity index (χ1v) is 7.09. The third-order valence-corrected chi connectivity index (χ3v) is 4.05. The molecule has 0 aliphatic rings. The van der Waals surface area contributed by atoms with E-state index in [9.17, 15) is 17.2 Å². The smallest absolute Gasteiger partial charge is 0.263 e. The Balaban J connectivity index is 2.45. The van der Waals surface area contributed by atoms with Gasteiger partial charge in [-0.15, -0.1) is 0 Å². The Kier molecular flexibility index (Phi) is 3.78. The molecule has 0 saturated heterocycles. The van der Waals surface area contributed by atoms with Crippen LogP contribution in [0.5, 0.6) is 0 Å². The molecule has 0 aromatic heterocycles. The van der Waals surface area contributed by atoms with Crippen LogP contribution in [0.15, 0.2) is 41.3 Å². The first-order chi connectivity index (χ1) is 9.83. The maximum atomic E-state index is 13.0. The van der Waals surface area contributed by atoms with Gasteiger partial charge in [-0.1, -0.05) is 0 Å². The lowest BCUT2D eigenvalue weighted by Crippen LogP contribution is -2.15. The van der Waals surface area contributed by atoms with Gasteiger partial charge in [0.1, 0.15) is 22.6 Å². The lowest BCUT2D eigenvalue weighted by Gasteiger charge is -2.11. The van der Waals surface area contributed by atoms with Gasteiger partial charge in [0, 0.05) is 0 Å². The van der Waals surface area contributed by atoms with Crippen LogP contribution in [0.1, 0.15) is 5.56 Å². The van der Waals surface area contributed by atoms with Gasteiger partial charge in [0.2, 0.25) is 0 Å². The Morgan fingerprint density at radius 1 is 1.10 bits per heavy atom. The number of nitrogens with one attached hydrogen (secondary N) is 1. The minimum Gasteiger partial charge on any atom is -0.398 e. The summed E-state index contributed by atoms with van der Waals surface area (Å²) in [6.45, 7) is 0. The molecule has 0 saturated carbocycles. The van der Waals surface area contributed by atoms with Crippen molar-refractivity contribution in [2.45, 2.75) is 4.90 Å². The molecule has 2 aromatic carbocycles. The minimum absolute atomic E-state index is 0.0948. The SMILES string of the molecule is N#Cc1cc(F)ccc1NS(=O)(=O)c1ccc(F)cc1N. The molecule has 0 fully saturated rings. The normalized spacial score (nSPS) is 10.9. The molecule has 0 atom stereocenters. The molecule has 3 N–H and O–H groups in total. The number of sulfonamides is 1. The molecule has 8 heteroatoms. The van der Waals surface area contributed by atoms with E-state index in [1.807, 2.05) is 0 Å². The molecule has 5 nitrogen and oxygen atoms in total. The predicted octanol–water partition coefficient (Wildman–Crippen LogP) is 2.22. The zero-order chi connectivity index (χ0) is 15.6. The molecule has 108 valence electrons. The molecule has 0 radical (unpaired) electrons. The first-order valence-electron chi connectivity index (χ1n) is 5.61. The maximum Gasteiger partial charge on any atom is 0.263 e. The van der Waals surface area contributed by atoms with Crippen molar-refractivity contribution >= 4 is 21.4 Å². The molecule has 0 spiro atoms. The summed E-state index contributed by atoms with van der Waals surface area (Å²) in [7, 11) is -4.12. The Hall–Kier alpha value is -2.66. The Morgan fingerprint density at radius 2 is 1.71 bits per heavy atom. The van der Waals surface area contributed by atoms with Crippen LogP contribution in [0.3, 0.4) is 0 Å². The van der Waals surface area contributed by atoms with E-state index >= 15 is 0 Å². The zero-order valence-electron chi connectivity index (χ0n) is 10.5. The van der Waals surface area contributed by atoms with Crippen molar-refractivity contribution < 1.29 is 17.2 Å². The Morgan fingerprint density at radius 3 is 2.33 bits per heavy atom. The van der Waals surface area contributed by atoms with Crippen molar-refractivity contribution in [2.75, 3.05) is 10.5 Å². The molecule has 2 aromatic rings. The average Bonchev–Trinajstić information content (AvgIpc) is 2.40. The highest BCUT2D eigenvalue weighted by molar-refractivity contribution is 7.92. The summed E-state index contributed by atoms with van der Waals surface area (Å²) in [5.41, 5.74) is 4.92. The van der Waals surface area contributed by atoms with Gasteiger partial charge in [0.15, 0.2) is 0 Å². The fourth-order valence-corrected chi connectivity index (χ4v) is 2.86. The van der Waals surface area contributed by atoms with Gasteiger partial charge in [0.25, 0.3) is 10.0 Å². The van der Waals surface area contributed by atoms with E-state index in [-0.39, 0.29) is 21.8 Å². The second-order valence-electron chi connectivity index (χ2n) is 4.09. The average molecular weight is 309 g/mol. The summed E-state index contributed by atoms with van der Waals surface area (Å²) in [6.07, 6.45) is 0. The van der Waals surface area contributed by atoms with Crippen LogP contribution < -0.4 is 10.5 Å². The molecule has 21 heavy (non-hydrogen) atoms. The van der Waals surface area contributed by atoms with Gasteiger partial charge in [-0.3, -0.25) is 4.72 Å². The third kappa shape index (κ3) is 3.09. The highest BCUT2D eigenvalue weighted by Gasteiger charge is 2.19. The molecule has 0 aliphatic carbocycles. The van der Waals surface area contributed by atoms with Crippen LogP contribution in [-0.2, 0) is 10.0 Å². The number of benzene rings is 2. The van der Waals surface area contributed by atoms with Crippen LogP contribution in [0, 0.1) is 23.0 Å². The number of halogens is 2. The van der Waals surface area contributed by atoms with Gasteiger partial charge in [-0.05, 0) is 36.4 Å². The lowest BCUT2D eigenvalue weighted by molar-refractivity contribution is 0.600. The number of hydrogen-bond donors (Lipinski definition) is 2. The van der Waals surface area contributed by atoms with Crippen LogP contribution >= 0.6 is 0 Å². The van der Waals surface area contributed by atoms with Gasteiger partial charge in [0.05, 0.1) is 16.9 Å². The number of hydrogen-bond acceptors (Lipinski definition) is 4. The van der Waals surface area contributed by atoms with Crippen LogP contribution in [0.4, 0.5) is 20.2 Å². The van der Waals surface area contributed by atoms with E-state index in [4.69, 9.17) is 11.0 Å². The van der Waals surface area contributed by atoms with Crippen molar-refractivity contribution in [3.8, 4) is 6.07 Å². The van der Waals surface area contributed by atoms with E-state index in [1.54, 1.807) is 6.07 Å². The predicted molar refractivity (Wildman–Crippen MR) is 72.7 cm³/mol. The van der Waals surface area contributed by atoms with Crippen molar-refractivity contribution in [2.24, 2.45) is 0 Å². The van der Waals surface area contributed by atoms with E-state index in [2.05, 4.69) is 4.72 Å². The largest absolute Gasteiger partial charge is 0.398 e. The van der Waals surface area contributed by atoms with E-state index in [1.165, 1.54) is 0 Å². The molecular weight excluding hydrogens is 300 g/mol. The van der Waals surface area contributed by atoms with Crippen molar-refractivity contribution in [1.29, 1.82) is 5.26 Å². The molecule has 2 rings (SSSR count). The monoisotopic (exact) mass is 309 g/mol. The highest BCUT2D eigenvalue weighted by Crippen LogP contribution is 2.24. The summed E-state index contributed by atoms with van der Waals surface area (Å²) in [5.74, 6) is -1.35. The summed E-state index contributed by atoms with van der Waals surface area (Å²) in [6, 6.07) is 7.51. The molecule has 0 aliphatic heterocycles. The second kappa shape index (κ2) is 5.38. The number of nitrogen functional groups attached to an aromatic ring is 1. The molecule has 0 heterocycles. The van der Waals surface area contributed by atoms with Gasteiger partial charge < -0.3 is 5.73 Å². The van der Waals surface area contributed by atoms with Gasteiger partial charge >= 0.3 is 0 Å². The number of rotatable bonds is 3. The second-order valence-corrected chi connectivity index (χ2v) is 5.74. The third-order valence-electron chi connectivity index (χ3n) is 2.61. The van der Waals surface area contributed by atoms with Crippen LogP contribution in [0.25, 0.3) is 0 Å². The van der Waals surface area contributed by atoms with Gasteiger partial charge in [-0.2, -0.15) is 5.26 Å². The van der Waals surface area contributed by atoms with Crippen LogP contribution in [0.2, 0.25) is 0 Å². The van der Waals surface area contributed by atoms with Crippen LogP contribution in [-0.4, -0.2) is 8.42 Å². The van der Waals surface area contributed by atoms with Crippen molar-refractivity contribution in [1.82, 2.24) is 0 Å². The Labute approximate surface area is 119 Å². The minimum atomic E-state index is -4.12. The molecule has 0 bridgehead atoms. The summed E-state index contributed by atoms with van der Waals surface area (Å²) in [5, 5.41) is 8.88. The fourth-order valence-electron chi connectivity index (χ4n) is 1.66. The lowest BCUT2D eigenvalue weighted by atomic mass is 10.2. The molecule has 0 amide bonds. The quantitative estimate of drug-likeness (QED) is 0.850. The fraction of sp³-hybridized carbons (Fsp3) is 0. The Bertz CT molecular complexity index is 845. The van der Waals surface area contributed by atoms with Crippen molar-refractivity contribution in [3.05, 3.63) is 53.6 Å². The summed E-state index contributed by atoms with van der Waals surface area (Å²) < 4.78 is 52.4. The van der Waals surface area contributed by atoms with E-state index in [0.717, 1.165) is 36.4 Å². The van der Waals surface area contributed by atoms with Gasteiger partial charge in [-0.25, -0.2) is 17.2 Å². The maximum absolute atomic E-state index is 13.0. The molecule has 0 unspecified atom stereocenters. The zero-order valence-corrected chi connectivity index (χ0v) is 11.3. The van der Waals surface area contributed by atoms with Crippen molar-refractivity contribution in [3.63, 3.8) is 0 Å². The number of nitriles is 1. The number of nitrogens with zero attached hydrogens (tertiary/aromatic N) is 1.